The van der Waals surface area contributed by atoms with Crippen molar-refractivity contribution < 1.29 is 14.0 Å². The Bertz CT molecular complexity index is 981. The summed E-state index contributed by atoms with van der Waals surface area (Å²) in [5.74, 6) is 0.433. The molecule has 0 radical (unpaired) electrons. The van der Waals surface area contributed by atoms with Gasteiger partial charge in [-0.25, -0.2) is 0 Å². The van der Waals surface area contributed by atoms with Gasteiger partial charge in [-0.1, -0.05) is 18.2 Å². The van der Waals surface area contributed by atoms with Crippen LogP contribution in [0, 0.1) is 0 Å². The molecule has 0 bridgehead atoms. The van der Waals surface area contributed by atoms with Gasteiger partial charge in [0.15, 0.2) is 0 Å². The molecule has 0 unspecified atom stereocenters. The number of hydrogen-bond acceptors (Lipinski definition) is 4. The number of rotatable bonds is 6. The summed E-state index contributed by atoms with van der Waals surface area (Å²) in [6.07, 6.45) is 3.67. The molecule has 0 spiro atoms. The molecular formula is C23H23N3O3. The lowest BCUT2D eigenvalue weighted by atomic mass is 10.0. The van der Waals surface area contributed by atoms with E-state index in [1.807, 2.05) is 12.1 Å². The van der Waals surface area contributed by atoms with Crippen LogP contribution in [0.15, 0.2) is 71.3 Å². The lowest BCUT2D eigenvalue weighted by Gasteiger charge is -2.30. The number of nitrogens with one attached hydrogen (secondary N) is 2. The molecule has 2 amide bonds. The van der Waals surface area contributed by atoms with Gasteiger partial charge in [-0.3, -0.25) is 9.59 Å². The van der Waals surface area contributed by atoms with Crippen molar-refractivity contribution in [2.24, 2.45) is 0 Å². The van der Waals surface area contributed by atoms with E-state index in [0.29, 0.717) is 30.1 Å². The minimum absolute atomic E-state index is 0.0725. The van der Waals surface area contributed by atoms with E-state index in [1.54, 1.807) is 42.7 Å². The van der Waals surface area contributed by atoms with E-state index in [9.17, 15) is 9.59 Å². The van der Waals surface area contributed by atoms with E-state index in [2.05, 4.69) is 27.7 Å². The molecule has 0 atom stereocenters. The van der Waals surface area contributed by atoms with E-state index in [0.717, 1.165) is 25.1 Å². The summed E-state index contributed by atoms with van der Waals surface area (Å²) in [7, 11) is 0. The minimum atomic E-state index is -0.191. The number of anilines is 2. The maximum absolute atomic E-state index is 12.5. The van der Waals surface area contributed by atoms with Crippen LogP contribution in [0.4, 0.5) is 11.4 Å². The van der Waals surface area contributed by atoms with Gasteiger partial charge in [-0.15, -0.1) is 0 Å². The lowest BCUT2D eigenvalue weighted by Crippen LogP contribution is -2.36. The highest BCUT2D eigenvalue weighted by molar-refractivity contribution is 5.96. The Kier molecular flexibility index (Phi) is 5.61. The van der Waals surface area contributed by atoms with Gasteiger partial charge < -0.3 is 20.0 Å². The zero-order chi connectivity index (χ0) is 20.1. The van der Waals surface area contributed by atoms with Gasteiger partial charge in [0.1, 0.15) is 5.76 Å². The number of nitrogens with zero attached hydrogens (tertiary/aromatic N) is 1. The van der Waals surface area contributed by atoms with Gasteiger partial charge in [0, 0.05) is 23.5 Å². The quantitative estimate of drug-likeness (QED) is 0.676. The number of fused-ring (bicyclic) bond motifs is 1. The molecule has 0 saturated heterocycles. The third-order valence-electron chi connectivity index (χ3n) is 4.98. The molecule has 1 aliphatic heterocycles. The number of hydrogen-bond donors (Lipinski definition) is 2. The van der Waals surface area contributed by atoms with E-state index in [-0.39, 0.29) is 11.8 Å². The number of para-hydroxylation sites is 1. The van der Waals surface area contributed by atoms with E-state index < -0.39 is 0 Å². The first-order valence-electron chi connectivity index (χ1n) is 9.72. The number of aryl methyl sites for hydroxylation is 1. The van der Waals surface area contributed by atoms with E-state index in [1.165, 1.54) is 5.56 Å². The summed E-state index contributed by atoms with van der Waals surface area (Å²) < 4.78 is 5.20. The zero-order valence-corrected chi connectivity index (χ0v) is 16.1. The highest BCUT2D eigenvalue weighted by Crippen LogP contribution is 2.26. The van der Waals surface area contributed by atoms with Crippen molar-refractivity contribution in [3.63, 3.8) is 0 Å². The molecular weight excluding hydrogens is 366 g/mol. The van der Waals surface area contributed by atoms with Gasteiger partial charge in [0.05, 0.1) is 19.4 Å². The van der Waals surface area contributed by atoms with Crippen LogP contribution in [0.1, 0.15) is 28.1 Å². The van der Waals surface area contributed by atoms with Crippen molar-refractivity contribution in [2.75, 3.05) is 23.3 Å². The molecule has 0 saturated carbocycles. The summed E-state index contributed by atoms with van der Waals surface area (Å²) in [5, 5.41) is 5.71. The van der Waals surface area contributed by atoms with Crippen LogP contribution in [0.3, 0.4) is 0 Å². The molecule has 0 aliphatic carbocycles. The fraction of sp³-hybridized carbons (Fsp3) is 0.217. The zero-order valence-electron chi connectivity index (χ0n) is 16.1. The van der Waals surface area contributed by atoms with Crippen LogP contribution in [0.5, 0.6) is 0 Å². The smallest absolute Gasteiger partial charge is 0.251 e. The van der Waals surface area contributed by atoms with Gasteiger partial charge in [0.25, 0.3) is 5.91 Å². The van der Waals surface area contributed by atoms with E-state index >= 15 is 0 Å². The fourth-order valence-corrected chi connectivity index (χ4v) is 3.54. The van der Waals surface area contributed by atoms with Crippen molar-refractivity contribution in [1.29, 1.82) is 0 Å². The summed E-state index contributed by atoms with van der Waals surface area (Å²) in [5.41, 5.74) is 3.62. The molecule has 3 aromatic rings. The highest BCUT2D eigenvalue weighted by Gasteiger charge is 2.18. The summed E-state index contributed by atoms with van der Waals surface area (Å²) in [6.45, 7) is 1.52. The Morgan fingerprint density at radius 2 is 1.83 bits per heavy atom. The number of carbonyl (C=O) groups is 2. The Morgan fingerprint density at radius 1 is 1.00 bits per heavy atom. The second-order valence-electron chi connectivity index (χ2n) is 7.04. The molecule has 6 nitrogen and oxygen atoms in total. The summed E-state index contributed by atoms with van der Waals surface area (Å²) in [6, 6.07) is 18.7. The highest BCUT2D eigenvalue weighted by atomic mass is 16.3. The third kappa shape index (κ3) is 4.66. The molecule has 4 rings (SSSR count). The van der Waals surface area contributed by atoms with Crippen molar-refractivity contribution in [1.82, 2.24) is 5.32 Å². The van der Waals surface area contributed by atoms with Crippen LogP contribution in [0.2, 0.25) is 0 Å². The Balaban J connectivity index is 1.32. The van der Waals surface area contributed by atoms with Crippen LogP contribution < -0.4 is 15.5 Å². The van der Waals surface area contributed by atoms with Crippen molar-refractivity contribution in [2.45, 2.75) is 19.4 Å². The average Bonchev–Trinajstić information content (AvgIpc) is 3.26. The molecule has 2 N–H and O–H groups in total. The fourth-order valence-electron chi connectivity index (χ4n) is 3.54. The monoisotopic (exact) mass is 389 g/mol. The number of amides is 2. The second-order valence-corrected chi connectivity index (χ2v) is 7.04. The molecule has 29 heavy (non-hydrogen) atoms. The number of carbonyl (C=O) groups excluding carboxylic acids is 2. The Labute approximate surface area is 169 Å². The molecule has 2 aromatic carbocycles. The van der Waals surface area contributed by atoms with Crippen LogP contribution in [-0.2, 0) is 17.8 Å². The maximum atomic E-state index is 12.5. The molecule has 2 heterocycles. The first-order chi connectivity index (χ1) is 14.2. The van der Waals surface area contributed by atoms with E-state index in [4.69, 9.17) is 4.42 Å². The predicted octanol–water partition coefficient (Wildman–Crippen LogP) is 3.60. The van der Waals surface area contributed by atoms with Crippen LogP contribution in [-0.4, -0.2) is 24.9 Å². The largest absolute Gasteiger partial charge is 0.467 e. The first-order valence-corrected chi connectivity index (χ1v) is 9.72. The lowest BCUT2D eigenvalue weighted by molar-refractivity contribution is -0.115. The predicted molar refractivity (Wildman–Crippen MR) is 112 cm³/mol. The van der Waals surface area contributed by atoms with Crippen LogP contribution >= 0.6 is 0 Å². The molecule has 6 heteroatoms. The van der Waals surface area contributed by atoms with Gasteiger partial charge in [0.2, 0.25) is 5.91 Å². The normalized spacial score (nSPS) is 12.9. The standard InChI is InChI=1S/C23H23N3O3/c27-22(16-26-13-3-6-17-5-1-2-8-21(17)26)25-19-11-9-18(10-12-19)23(28)24-15-20-7-4-14-29-20/h1-2,4-5,7-12,14H,3,6,13,15-16H2,(H,24,28)(H,25,27). The Morgan fingerprint density at radius 3 is 2.62 bits per heavy atom. The second kappa shape index (κ2) is 8.65. The molecule has 148 valence electrons. The van der Waals surface area contributed by atoms with Crippen molar-refractivity contribution in [3.05, 3.63) is 83.8 Å². The van der Waals surface area contributed by atoms with Gasteiger partial charge >= 0.3 is 0 Å². The van der Waals surface area contributed by atoms with Gasteiger partial charge in [-0.2, -0.15) is 0 Å². The summed E-state index contributed by atoms with van der Waals surface area (Å²) in [4.78, 5) is 26.8. The SMILES string of the molecule is O=C(CN1CCCc2ccccc21)Nc1ccc(C(=O)NCc2ccco2)cc1. The van der Waals surface area contributed by atoms with Gasteiger partial charge in [-0.05, 0) is 60.9 Å². The summed E-state index contributed by atoms with van der Waals surface area (Å²) >= 11 is 0. The molecule has 1 aromatic heterocycles. The van der Waals surface area contributed by atoms with Crippen molar-refractivity contribution >= 4 is 23.2 Å². The first kappa shape index (κ1) is 18.8. The topological polar surface area (TPSA) is 74.6 Å². The molecule has 1 aliphatic rings. The van der Waals surface area contributed by atoms with Crippen LogP contribution in [0.25, 0.3) is 0 Å². The Hall–Kier alpha value is -3.54. The third-order valence-corrected chi connectivity index (χ3v) is 4.98. The minimum Gasteiger partial charge on any atom is -0.467 e. The average molecular weight is 389 g/mol. The maximum Gasteiger partial charge on any atom is 0.251 e. The molecule has 0 fully saturated rings. The number of benzene rings is 2. The van der Waals surface area contributed by atoms with Crippen molar-refractivity contribution in [3.8, 4) is 0 Å². The number of furan rings is 1.